The third-order valence-corrected chi connectivity index (χ3v) is 2.72. The van der Waals surface area contributed by atoms with E-state index in [1.807, 2.05) is 0 Å². The van der Waals surface area contributed by atoms with E-state index in [2.05, 4.69) is 5.32 Å². The van der Waals surface area contributed by atoms with E-state index in [1.54, 1.807) is 0 Å². The molecule has 6 heteroatoms. The van der Waals surface area contributed by atoms with E-state index >= 15 is 0 Å². The fourth-order valence-corrected chi connectivity index (χ4v) is 1.69. The van der Waals surface area contributed by atoms with Crippen LogP contribution in [0, 0.1) is 0 Å². The first-order valence-electron chi connectivity index (χ1n) is 5.43. The molecule has 1 heterocycles. The lowest BCUT2D eigenvalue weighted by molar-refractivity contribution is -0.132. The minimum Gasteiger partial charge on any atom is -0.359 e. The van der Waals surface area contributed by atoms with Crippen LogP contribution < -0.4 is 11.1 Å². The molecule has 0 aromatic heterocycles. The lowest BCUT2D eigenvalue weighted by Gasteiger charge is -2.19. The Morgan fingerprint density at radius 3 is 2.81 bits per heavy atom. The predicted octanol–water partition coefficient (Wildman–Crippen LogP) is -0.590. The molecule has 1 aliphatic rings. The Balaban J connectivity index is 2.33. The summed E-state index contributed by atoms with van der Waals surface area (Å²) in [5.74, 6) is -0.405. The SMILES string of the molecule is CNC(=O)CCC(N)C(=O)N1CCC(F)C1. The average molecular weight is 231 g/mol. The Morgan fingerprint density at radius 2 is 2.31 bits per heavy atom. The number of nitrogens with two attached hydrogens (primary N) is 1. The highest BCUT2D eigenvalue weighted by Crippen LogP contribution is 2.13. The summed E-state index contributed by atoms with van der Waals surface area (Å²) in [5, 5.41) is 2.46. The molecule has 0 radical (unpaired) electrons. The molecular weight excluding hydrogens is 213 g/mol. The predicted molar refractivity (Wildman–Crippen MR) is 57.4 cm³/mol. The van der Waals surface area contributed by atoms with Crippen molar-refractivity contribution in [2.45, 2.75) is 31.5 Å². The number of nitrogens with zero attached hydrogens (tertiary/aromatic N) is 1. The van der Waals surface area contributed by atoms with Crippen LogP contribution >= 0.6 is 0 Å². The highest BCUT2D eigenvalue weighted by molar-refractivity contribution is 5.83. The molecule has 1 fully saturated rings. The Kier molecular flexibility index (Phi) is 4.67. The van der Waals surface area contributed by atoms with Gasteiger partial charge < -0.3 is 16.0 Å². The Morgan fingerprint density at radius 1 is 1.62 bits per heavy atom. The number of halogens is 1. The topological polar surface area (TPSA) is 75.4 Å². The molecule has 0 aromatic carbocycles. The second-order valence-electron chi connectivity index (χ2n) is 3.99. The van der Waals surface area contributed by atoms with Crippen LogP contribution in [0.15, 0.2) is 0 Å². The van der Waals surface area contributed by atoms with Gasteiger partial charge >= 0.3 is 0 Å². The maximum Gasteiger partial charge on any atom is 0.239 e. The molecule has 0 bridgehead atoms. The summed E-state index contributed by atoms with van der Waals surface area (Å²) in [6.45, 7) is 0.556. The fourth-order valence-electron chi connectivity index (χ4n) is 1.69. The van der Waals surface area contributed by atoms with Gasteiger partial charge in [0.1, 0.15) is 6.17 Å². The van der Waals surface area contributed by atoms with Crippen molar-refractivity contribution >= 4 is 11.8 Å². The second kappa shape index (κ2) is 5.79. The van der Waals surface area contributed by atoms with Gasteiger partial charge in [0, 0.05) is 20.0 Å². The van der Waals surface area contributed by atoms with Crippen molar-refractivity contribution in [2.24, 2.45) is 5.73 Å². The van der Waals surface area contributed by atoms with Crippen LogP contribution in [-0.2, 0) is 9.59 Å². The van der Waals surface area contributed by atoms with Crippen molar-refractivity contribution in [3.8, 4) is 0 Å². The Bertz CT molecular complexity index is 273. The Hall–Kier alpha value is -1.17. The van der Waals surface area contributed by atoms with Crippen molar-refractivity contribution in [2.75, 3.05) is 20.1 Å². The minimum atomic E-state index is -0.935. The zero-order valence-electron chi connectivity index (χ0n) is 9.41. The summed E-state index contributed by atoms with van der Waals surface area (Å²) in [4.78, 5) is 24.1. The molecule has 0 aromatic rings. The first-order chi connectivity index (χ1) is 7.54. The third-order valence-electron chi connectivity index (χ3n) is 2.72. The number of carbonyl (C=O) groups excluding carboxylic acids is 2. The van der Waals surface area contributed by atoms with Gasteiger partial charge in [-0.25, -0.2) is 4.39 Å². The van der Waals surface area contributed by atoms with E-state index in [-0.39, 0.29) is 24.8 Å². The number of nitrogens with one attached hydrogen (secondary N) is 1. The molecule has 2 atom stereocenters. The van der Waals surface area contributed by atoms with E-state index in [1.165, 1.54) is 11.9 Å². The average Bonchev–Trinajstić information content (AvgIpc) is 2.71. The van der Waals surface area contributed by atoms with E-state index < -0.39 is 12.2 Å². The van der Waals surface area contributed by atoms with E-state index in [9.17, 15) is 14.0 Å². The molecule has 3 N–H and O–H groups in total. The lowest BCUT2D eigenvalue weighted by atomic mass is 10.1. The molecular formula is C10H18FN3O2. The number of alkyl halides is 1. The molecule has 0 saturated carbocycles. The first kappa shape index (κ1) is 12.9. The summed E-state index contributed by atoms with van der Waals surface area (Å²) in [7, 11) is 1.53. The van der Waals surface area contributed by atoms with Crippen molar-refractivity contribution in [3.63, 3.8) is 0 Å². The molecule has 0 spiro atoms. The van der Waals surface area contributed by atoms with E-state index in [0.29, 0.717) is 19.4 Å². The first-order valence-corrected chi connectivity index (χ1v) is 5.43. The van der Waals surface area contributed by atoms with Crippen molar-refractivity contribution in [3.05, 3.63) is 0 Å². The number of hydrogen-bond donors (Lipinski definition) is 2. The maximum atomic E-state index is 12.9. The van der Waals surface area contributed by atoms with Gasteiger partial charge in [-0.2, -0.15) is 0 Å². The van der Waals surface area contributed by atoms with Gasteiger partial charge in [0.15, 0.2) is 0 Å². The van der Waals surface area contributed by atoms with Gasteiger partial charge in [0.2, 0.25) is 11.8 Å². The van der Waals surface area contributed by atoms with Gasteiger partial charge in [0.25, 0.3) is 0 Å². The number of rotatable bonds is 4. The standard InChI is InChI=1S/C10H18FN3O2/c1-13-9(15)3-2-8(12)10(16)14-5-4-7(11)6-14/h7-8H,2-6,12H2,1H3,(H,13,15). The van der Waals surface area contributed by atoms with Crippen LogP contribution in [0.25, 0.3) is 0 Å². The van der Waals surface area contributed by atoms with E-state index in [4.69, 9.17) is 5.73 Å². The van der Waals surface area contributed by atoms with Crippen LogP contribution in [0.2, 0.25) is 0 Å². The molecule has 1 saturated heterocycles. The van der Waals surface area contributed by atoms with Gasteiger partial charge in [-0.1, -0.05) is 0 Å². The molecule has 5 nitrogen and oxygen atoms in total. The van der Waals surface area contributed by atoms with Crippen LogP contribution in [0.1, 0.15) is 19.3 Å². The highest BCUT2D eigenvalue weighted by Gasteiger charge is 2.29. The summed E-state index contributed by atoms with van der Waals surface area (Å²) < 4.78 is 12.9. The number of carbonyl (C=O) groups is 2. The van der Waals surface area contributed by atoms with Crippen LogP contribution in [0.4, 0.5) is 4.39 Å². The van der Waals surface area contributed by atoms with Crippen molar-refractivity contribution in [1.82, 2.24) is 10.2 Å². The molecule has 16 heavy (non-hydrogen) atoms. The molecule has 92 valence electrons. The summed E-state index contributed by atoms with van der Waals surface area (Å²) in [5.41, 5.74) is 5.65. The summed E-state index contributed by atoms with van der Waals surface area (Å²) in [6, 6.07) is -0.706. The fraction of sp³-hybridized carbons (Fsp3) is 0.800. The largest absolute Gasteiger partial charge is 0.359 e. The van der Waals surface area contributed by atoms with Crippen LogP contribution in [0.5, 0.6) is 0 Å². The molecule has 1 rings (SSSR count). The molecule has 0 aliphatic carbocycles. The van der Waals surface area contributed by atoms with Gasteiger partial charge in [-0.15, -0.1) is 0 Å². The molecule has 2 unspecified atom stereocenters. The normalized spacial score (nSPS) is 21.9. The molecule has 2 amide bonds. The molecule has 1 aliphatic heterocycles. The van der Waals surface area contributed by atoms with Gasteiger partial charge in [-0.05, 0) is 12.8 Å². The summed E-state index contributed by atoms with van der Waals surface area (Å²) >= 11 is 0. The Labute approximate surface area is 94.2 Å². The third kappa shape index (κ3) is 3.44. The zero-order chi connectivity index (χ0) is 12.1. The van der Waals surface area contributed by atoms with Crippen LogP contribution in [-0.4, -0.2) is 49.1 Å². The quantitative estimate of drug-likeness (QED) is 0.679. The lowest BCUT2D eigenvalue weighted by Crippen LogP contribution is -2.43. The zero-order valence-corrected chi connectivity index (χ0v) is 9.41. The second-order valence-corrected chi connectivity index (χ2v) is 3.99. The monoisotopic (exact) mass is 231 g/mol. The van der Waals surface area contributed by atoms with Crippen LogP contribution in [0.3, 0.4) is 0 Å². The maximum absolute atomic E-state index is 12.9. The highest BCUT2D eigenvalue weighted by atomic mass is 19.1. The number of likely N-dealkylation sites (tertiary alicyclic amines) is 1. The minimum absolute atomic E-state index is 0.131. The number of amides is 2. The number of hydrogen-bond acceptors (Lipinski definition) is 3. The van der Waals surface area contributed by atoms with Gasteiger partial charge in [-0.3, -0.25) is 9.59 Å². The van der Waals surface area contributed by atoms with Crippen molar-refractivity contribution in [1.29, 1.82) is 0 Å². The smallest absolute Gasteiger partial charge is 0.239 e. The van der Waals surface area contributed by atoms with Crippen molar-refractivity contribution < 1.29 is 14.0 Å². The summed E-state index contributed by atoms with van der Waals surface area (Å²) in [6.07, 6.45) is -0.0361. The van der Waals surface area contributed by atoms with Gasteiger partial charge in [0.05, 0.1) is 12.6 Å². The van der Waals surface area contributed by atoms with E-state index in [0.717, 1.165) is 0 Å².